The third-order valence-electron chi connectivity index (χ3n) is 3.17. The number of methoxy groups -OCH3 is 2. The van der Waals surface area contributed by atoms with Gasteiger partial charge in [0, 0.05) is 12.1 Å². The van der Waals surface area contributed by atoms with Crippen LogP contribution in [0.1, 0.15) is 32.3 Å². The number of rotatable bonds is 7. The fourth-order valence-corrected chi connectivity index (χ4v) is 1.87. The molecule has 1 N–H and O–H groups in total. The Bertz CT molecular complexity index is 465. The molecule has 0 spiro atoms. The van der Waals surface area contributed by atoms with Gasteiger partial charge in [0.1, 0.15) is 0 Å². The predicted octanol–water partition coefficient (Wildman–Crippen LogP) is 3.02. The first-order chi connectivity index (χ1) is 9.64. The third-order valence-corrected chi connectivity index (χ3v) is 3.17. The van der Waals surface area contributed by atoms with E-state index in [9.17, 15) is 4.79 Å². The van der Waals surface area contributed by atoms with Gasteiger partial charge in [-0.3, -0.25) is 4.79 Å². The summed E-state index contributed by atoms with van der Waals surface area (Å²) in [5, 5.41) is 2.96. The van der Waals surface area contributed by atoms with Gasteiger partial charge in [0.25, 0.3) is 0 Å². The molecule has 0 fully saturated rings. The van der Waals surface area contributed by atoms with Crippen molar-refractivity contribution in [2.24, 2.45) is 0 Å². The number of amides is 1. The van der Waals surface area contributed by atoms with E-state index >= 15 is 0 Å². The van der Waals surface area contributed by atoms with Gasteiger partial charge in [0.15, 0.2) is 11.5 Å². The van der Waals surface area contributed by atoms with Crippen LogP contribution >= 0.6 is 0 Å². The fourth-order valence-electron chi connectivity index (χ4n) is 1.87. The van der Waals surface area contributed by atoms with Crippen molar-refractivity contribution in [2.45, 2.75) is 32.7 Å². The average Bonchev–Trinajstić information content (AvgIpc) is 2.50. The Labute approximate surface area is 120 Å². The molecule has 1 amide bonds. The molecular formula is C16H23NO3. The summed E-state index contributed by atoms with van der Waals surface area (Å²) >= 11 is 0. The summed E-state index contributed by atoms with van der Waals surface area (Å²) in [4.78, 5) is 11.8. The third kappa shape index (κ3) is 4.61. The van der Waals surface area contributed by atoms with E-state index in [-0.39, 0.29) is 11.9 Å². The van der Waals surface area contributed by atoms with Crippen LogP contribution in [0.25, 0.3) is 6.08 Å². The van der Waals surface area contributed by atoms with Gasteiger partial charge < -0.3 is 14.8 Å². The van der Waals surface area contributed by atoms with Gasteiger partial charge in [-0.05, 0) is 36.6 Å². The Hall–Kier alpha value is -1.97. The Morgan fingerprint density at radius 2 is 1.85 bits per heavy atom. The first kappa shape index (κ1) is 16.1. The molecule has 0 aliphatic rings. The minimum Gasteiger partial charge on any atom is -0.493 e. The number of carbonyl (C=O) groups excluding carboxylic acids is 1. The number of carbonyl (C=O) groups is 1. The highest BCUT2D eigenvalue weighted by molar-refractivity contribution is 5.92. The lowest BCUT2D eigenvalue weighted by molar-refractivity contribution is -0.117. The first-order valence-electron chi connectivity index (χ1n) is 6.85. The number of nitrogens with one attached hydrogen (secondary N) is 1. The maximum absolute atomic E-state index is 11.8. The predicted molar refractivity (Wildman–Crippen MR) is 81.1 cm³/mol. The standard InChI is InChI=1S/C16H23NO3/c1-5-13(6-2)17-16(18)10-8-12-7-9-14(19-3)15(11-12)20-4/h7-11,13H,5-6H2,1-4H3,(H,17,18)/b10-8+. The molecule has 0 aliphatic heterocycles. The van der Waals surface area contributed by atoms with Gasteiger partial charge in [0.2, 0.25) is 5.91 Å². The minimum absolute atomic E-state index is 0.0755. The minimum atomic E-state index is -0.0755. The van der Waals surface area contributed by atoms with Crippen LogP contribution in [-0.4, -0.2) is 26.2 Å². The van der Waals surface area contributed by atoms with Crippen molar-refractivity contribution in [1.82, 2.24) is 5.32 Å². The number of ether oxygens (including phenoxy) is 2. The number of hydrogen-bond acceptors (Lipinski definition) is 3. The highest BCUT2D eigenvalue weighted by atomic mass is 16.5. The van der Waals surface area contributed by atoms with Crippen molar-refractivity contribution in [3.8, 4) is 11.5 Å². The molecule has 0 saturated heterocycles. The maximum atomic E-state index is 11.8. The first-order valence-corrected chi connectivity index (χ1v) is 6.85. The molecule has 0 aliphatic carbocycles. The van der Waals surface area contributed by atoms with Crippen molar-refractivity contribution in [2.75, 3.05) is 14.2 Å². The molecule has 4 nitrogen and oxygen atoms in total. The molecule has 0 bridgehead atoms. The van der Waals surface area contributed by atoms with E-state index in [0.29, 0.717) is 11.5 Å². The number of benzene rings is 1. The lowest BCUT2D eigenvalue weighted by Crippen LogP contribution is -2.32. The van der Waals surface area contributed by atoms with E-state index in [1.165, 1.54) is 0 Å². The van der Waals surface area contributed by atoms with E-state index < -0.39 is 0 Å². The van der Waals surface area contributed by atoms with Crippen LogP contribution in [-0.2, 0) is 4.79 Å². The van der Waals surface area contributed by atoms with Gasteiger partial charge in [-0.25, -0.2) is 0 Å². The van der Waals surface area contributed by atoms with E-state index in [1.807, 2.05) is 18.2 Å². The lowest BCUT2D eigenvalue weighted by Gasteiger charge is -2.12. The molecule has 0 unspecified atom stereocenters. The van der Waals surface area contributed by atoms with Gasteiger partial charge in [0.05, 0.1) is 14.2 Å². The summed E-state index contributed by atoms with van der Waals surface area (Å²) < 4.78 is 10.4. The average molecular weight is 277 g/mol. The van der Waals surface area contributed by atoms with Crippen LogP contribution in [0.5, 0.6) is 11.5 Å². The van der Waals surface area contributed by atoms with Gasteiger partial charge in [-0.2, -0.15) is 0 Å². The lowest BCUT2D eigenvalue weighted by atomic mass is 10.1. The summed E-state index contributed by atoms with van der Waals surface area (Å²) in [6, 6.07) is 5.76. The van der Waals surface area contributed by atoms with Crippen LogP contribution in [0.15, 0.2) is 24.3 Å². The van der Waals surface area contributed by atoms with E-state index in [2.05, 4.69) is 19.2 Å². The van der Waals surface area contributed by atoms with Gasteiger partial charge >= 0.3 is 0 Å². The second-order valence-corrected chi connectivity index (χ2v) is 4.47. The van der Waals surface area contributed by atoms with E-state index in [4.69, 9.17) is 9.47 Å². The van der Waals surface area contributed by atoms with Crippen molar-refractivity contribution >= 4 is 12.0 Å². The Kier molecular flexibility index (Phi) is 6.64. The zero-order valence-electron chi connectivity index (χ0n) is 12.6. The smallest absolute Gasteiger partial charge is 0.244 e. The Morgan fingerprint density at radius 3 is 2.40 bits per heavy atom. The molecule has 1 rings (SSSR count). The molecule has 20 heavy (non-hydrogen) atoms. The largest absolute Gasteiger partial charge is 0.493 e. The Morgan fingerprint density at radius 1 is 1.20 bits per heavy atom. The molecule has 1 aromatic rings. The molecule has 0 saturated carbocycles. The quantitative estimate of drug-likeness (QED) is 0.779. The van der Waals surface area contributed by atoms with Gasteiger partial charge in [-0.15, -0.1) is 0 Å². The molecule has 0 atom stereocenters. The molecule has 1 aromatic carbocycles. The topological polar surface area (TPSA) is 47.6 Å². The van der Waals surface area contributed by atoms with E-state index in [1.54, 1.807) is 26.4 Å². The maximum Gasteiger partial charge on any atom is 0.244 e. The fraction of sp³-hybridized carbons (Fsp3) is 0.438. The second kappa shape index (κ2) is 8.25. The van der Waals surface area contributed by atoms with Gasteiger partial charge in [-0.1, -0.05) is 19.9 Å². The summed E-state index contributed by atoms with van der Waals surface area (Å²) in [5.74, 6) is 1.25. The van der Waals surface area contributed by atoms with Crippen LogP contribution in [0.3, 0.4) is 0 Å². The summed E-state index contributed by atoms with van der Waals surface area (Å²) in [6.45, 7) is 4.12. The molecular weight excluding hydrogens is 254 g/mol. The van der Waals surface area contributed by atoms with Crippen LogP contribution in [0.4, 0.5) is 0 Å². The molecule has 0 heterocycles. The highest BCUT2D eigenvalue weighted by Crippen LogP contribution is 2.27. The SMILES string of the molecule is CCC(CC)NC(=O)/C=C/c1ccc(OC)c(OC)c1. The normalized spacial score (nSPS) is 10.8. The molecule has 4 heteroatoms. The Balaban J connectivity index is 2.72. The van der Waals surface area contributed by atoms with Crippen LogP contribution < -0.4 is 14.8 Å². The number of hydrogen-bond donors (Lipinski definition) is 1. The summed E-state index contributed by atoms with van der Waals surface area (Å²) in [7, 11) is 3.18. The molecule has 110 valence electrons. The second-order valence-electron chi connectivity index (χ2n) is 4.47. The molecule has 0 radical (unpaired) electrons. The zero-order chi connectivity index (χ0) is 15.0. The van der Waals surface area contributed by atoms with Crippen molar-refractivity contribution < 1.29 is 14.3 Å². The zero-order valence-corrected chi connectivity index (χ0v) is 12.6. The van der Waals surface area contributed by atoms with Crippen molar-refractivity contribution in [1.29, 1.82) is 0 Å². The van der Waals surface area contributed by atoms with Crippen LogP contribution in [0, 0.1) is 0 Å². The monoisotopic (exact) mass is 277 g/mol. The summed E-state index contributed by atoms with van der Waals surface area (Å²) in [6.07, 6.45) is 5.18. The highest BCUT2D eigenvalue weighted by Gasteiger charge is 2.06. The molecule has 0 aromatic heterocycles. The van der Waals surface area contributed by atoms with Crippen molar-refractivity contribution in [3.05, 3.63) is 29.8 Å². The van der Waals surface area contributed by atoms with Crippen LogP contribution in [0.2, 0.25) is 0 Å². The summed E-state index contributed by atoms with van der Waals surface area (Å²) in [5.41, 5.74) is 0.891. The van der Waals surface area contributed by atoms with E-state index in [0.717, 1.165) is 18.4 Å². The van der Waals surface area contributed by atoms with Crippen molar-refractivity contribution in [3.63, 3.8) is 0 Å².